The van der Waals surface area contributed by atoms with Crippen molar-refractivity contribution in [1.82, 2.24) is 15.1 Å². The van der Waals surface area contributed by atoms with E-state index in [1.165, 1.54) is 5.56 Å². The van der Waals surface area contributed by atoms with Crippen LogP contribution in [0.2, 0.25) is 0 Å². The third-order valence-electron chi connectivity index (χ3n) is 5.07. The summed E-state index contributed by atoms with van der Waals surface area (Å²) in [4.78, 5) is 16.9. The molecule has 0 spiro atoms. The lowest BCUT2D eigenvalue weighted by atomic mass is 10.0. The molecule has 0 radical (unpaired) electrons. The molecule has 132 valence electrons. The highest BCUT2D eigenvalue weighted by Gasteiger charge is 2.30. The van der Waals surface area contributed by atoms with Crippen molar-refractivity contribution in [3.8, 4) is 5.75 Å². The van der Waals surface area contributed by atoms with Gasteiger partial charge in [0.15, 0.2) is 6.61 Å². The summed E-state index contributed by atoms with van der Waals surface area (Å²) in [5.41, 5.74) is 1.24. The Kier molecular flexibility index (Phi) is 5.74. The molecule has 0 saturated carbocycles. The highest BCUT2D eigenvalue weighted by molar-refractivity contribution is 5.78. The van der Waals surface area contributed by atoms with Crippen molar-refractivity contribution in [2.75, 3.05) is 45.9 Å². The van der Waals surface area contributed by atoms with Crippen LogP contribution in [-0.4, -0.2) is 67.6 Å². The topological polar surface area (TPSA) is 44.8 Å². The van der Waals surface area contributed by atoms with Gasteiger partial charge in [0.1, 0.15) is 5.75 Å². The van der Waals surface area contributed by atoms with Crippen LogP contribution < -0.4 is 10.1 Å². The van der Waals surface area contributed by atoms with E-state index in [4.69, 9.17) is 4.74 Å². The van der Waals surface area contributed by atoms with E-state index in [0.717, 1.165) is 51.4 Å². The number of hydrogen-bond acceptors (Lipinski definition) is 4. The average Bonchev–Trinajstić information content (AvgIpc) is 3.11. The Morgan fingerprint density at radius 3 is 2.83 bits per heavy atom. The van der Waals surface area contributed by atoms with Crippen molar-refractivity contribution in [2.45, 2.75) is 32.2 Å². The Morgan fingerprint density at radius 2 is 2.08 bits per heavy atom. The van der Waals surface area contributed by atoms with E-state index in [0.29, 0.717) is 12.0 Å². The molecule has 0 aromatic heterocycles. The van der Waals surface area contributed by atoms with Crippen LogP contribution in [0.1, 0.15) is 31.7 Å². The van der Waals surface area contributed by atoms with Gasteiger partial charge in [0.05, 0.1) is 0 Å². The average molecular weight is 331 g/mol. The van der Waals surface area contributed by atoms with Gasteiger partial charge in [-0.15, -0.1) is 0 Å². The Bertz CT molecular complexity index is 555. The molecule has 5 heteroatoms. The zero-order chi connectivity index (χ0) is 16.9. The lowest BCUT2D eigenvalue weighted by Crippen LogP contribution is -2.49. The van der Waals surface area contributed by atoms with Crippen molar-refractivity contribution in [3.63, 3.8) is 0 Å². The summed E-state index contributed by atoms with van der Waals surface area (Å²) in [6.45, 7) is 10.4. The van der Waals surface area contributed by atoms with E-state index in [-0.39, 0.29) is 12.5 Å². The number of ether oxygens (including phenoxy) is 1. The summed E-state index contributed by atoms with van der Waals surface area (Å²) in [5.74, 6) is 1.35. The Balaban J connectivity index is 1.48. The van der Waals surface area contributed by atoms with Gasteiger partial charge in [0.2, 0.25) is 0 Å². The molecule has 2 saturated heterocycles. The minimum atomic E-state index is 0.0996. The summed E-state index contributed by atoms with van der Waals surface area (Å²) in [5, 5.41) is 3.38. The number of piperazine rings is 1. The Labute approximate surface area is 145 Å². The molecule has 24 heavy (non-hydrogen) atoms. The van der Waals surface area contributed by atoms with E-state index in [2.05, 4.69) is 30.1 Å². The van der Waals surface area contributed by atoms with Crippen LogP contribution in [0.3, 0.4) is 0 Å². The first kappa shape index (κ1) is 17.2. The van der Waals surface area contributed by atoms with Gasteiger partial charge in [-0.05, 0) is 30.0 Å². The minimum Gasteiger partial charge on any atom is -0.484 e. The van der Waals surface area contributed by atoms with Gasteiger partial charge in [0, 0.05) is 45.3 Å². The number of amides is 1. The molecule has 0 bridgehead atoms. The van der Waals surface area contributed by atoms with Crippen molar-refractivity contribution >= 4 is 5.91 Å². The molecule has 1 aromatic rings. The number of hydrogen-bond donors (Lipinski definition) is 1. The van der Waals surface area contributed by atoms with E-state index < -0.39 is 0 Å². The zero-order valence-corrected chi connectivity index (χ0v) is 14.8. The first-order valence-corrected chi connectivity index (χ1v) is 9.09. The van der Waals surface area contributed by atoms with Crippen LogP contribution in [-0.2, 0) is 4.79 Å². The maximum absolute atomic E-state index is 12.4. The zero-order valence-electron chi connectivity index (χ0n) is 14.8. The highest BCUT2D eigenvalue weighted by Crippen LogP contribution is 2.21. The number of carbonyl (C=O) groups excluding carboxylic acids is 1. The second kappa shape index (κ2) is 7.99. The van der Waals surface area contributed by atoms with Gasteiger partial charge in [0.25, 0.3) is 5.91 Å². The second-order valence-electron chi connectivity index (χ2n) is 7.08. The lowest BCUT2D eigenvalue weighted by Gasteiger charge is -2.32. The summed E-state index contributed by atoms with van der Waals surface area (Å²) >= 11 is 0. The van der Waals surface area contributed by atoms with Crippen molar-refractivity contribution in [1.29, 1.82) is 0 Å². The maximum Gasteiger partial charge on any atom is 0.260 e. The second-order valence-corrected chi connectivity index (χ2v) is 7.08. The third kappa shape index (κ3) is 4.28. The quantitative estimate of drug-likeness (QED) is 0.892. The third-order valence-corrected chi connectivity index (χ3v) is 5.07. The molecule has 1 amide bonds. The smallest absolute Gasteiger partial charge is 0.260 e. The SMILES string of the molecule is CC(C)c1cccc(OCC(=O)N2CCC(N3CCNCC3)C2)c1. The Hall–Kier alpha value is -1.59. The van der Waals surface area contributed by atoms with Gasteiger partial charge in [-0.1, -0.05) is 26.0 Å². The number of likely N-dealkylation sites (tertiary alicyclic amines) is 1. The molecular formula is C19H29N3O2. The van der Waals surface area contributed by atoms with Gasteiger partial charge in [-0.2, -0.15) is 0 Å². The summed E-state index contributed by atoms with van der Waals surface area (Å²) in [6.07, 6.45) is 1.08. The van der Waals surface area contributed by atoms with Crippen LogP contribution in [0.4, 0.5) is 0 Å². The number of nitrogens with zero attached hydrogens (tertiary/aromatic N) is 2. The first-order chi connectivity index (χ1) is 11.6. The van der Waals surface area contributed by atoms with Gasteiger partial charge >= 0.3 is 0 Å². The van der Waals surface area contributed by atoms with E-state index >= 15 is 0 Å². The summed E-state index contributed by atoms with van der Waals surface area (Å²) in [7, 11) is 0. The van der Waals surface area contributed by atoms with Crippen molar-refractivity contribution < 1.29 is 9.53 Å². The molecule has 2 heterocycles. The molecule has 2 fully saturated rings. The van der Waals surface area contributed by atoms with E-state index in [1.54, 1.807) is 0 Å². The lowest BCUT2D eigenvalue weighted by molar-refractivity contribution is -0.132. The fourth-order valence-electron chi connectivity index (χ4n) is 3.51. The minimum absolute atomic E-state index is 0.0996. The van der Waals surface area contributed by atoms with Gasteiger partial charge in [-0.3, -0.25) is 9.69 Å². The van der Waals surface area contributed by atoms with Gasteiger partial charge < -0.3 is 15.0 Å². The summed E-state index contributed by atoms with van der Waals surface area (Å²) in [6, 6.07) is 8.56. The maximum atomic E-state index is 12.4. The van der Waals surface area contributed by atoms with Crippen LogP contribution >= 0.6 is 0 Å². The predicted molar refractivity (Wildman–Crippen MR) is 95.5 cm³/mol. The van der Waals surface area contributed by atoms with Crippen LogP contribution in [0.5, 0.6) is 5.75 Å². The predicted octanol–water partition coefficient (Wildman–Crippen LogP) is 1.69. The van der Waals surface area contributed by atoms with E-state index in [1.807, 2.05) is 23.1 Å². The highest BCUT2D eigenvalue weighted by atomic mass is 16.5. The molecule has 2 aliphatic heterocycles. The molecule has 1 N–H and O–H groups in total. The fraction of sp³-hybridized carbons (Fsp3) is 0.632. The molecule has 5 nitrogen and oxygen atoms in total. The first-order valence-electron chi connectivity index (χ1n) is 9.09. The van der Waals surface area contributed by atoms with Crippen molar-refractivity contribution in [2.24, 2.45) is 0 Å². The fourth-order valence-corrected chi connectivity index (χ4v) is 3.51. The molecular weight excluding hydrogens is 302 g/mol. The van der Waals surface area contributed by atoms with Gasteiger partial charge in [-0.25, -0.2) is 0 Å². The summed E-state index contributed by atoms with van der Waals surface area (Å²) < 4.78 is 5.74. The molecule has 1 unspecified atom stereocenters. The van der Waals surface area contributed by atoms with E-state index in [9.17, 15) is 4.79 Å². The number of benzene rings is 1. The molecule has 1 aromatic carbocycles. The molecule has 3 rings (SSSR count). The monoisotopic (exact) mass is 331 g/mol. The molecule has 2 aliphatic rings. The number of nitrogens with one attached hydrogen (secondary N) is 1. The van der Waals surface area contributed by atoms with Crippen LogP contribution in [0, 0.1) is 0 Å². The Morgan fingerprint density at radius 1 is 1.29 bits per heavy atom. The largest absolute Gasteiger partial charge is 0.484 e. The van der Waals surface area contributed by atoms with Crippen LogP contribution in [0.15, 0.2) is 24.3 Å². The van der Waals surface area contributed by atoms with Crippen molar-refractivity contribution in [3.05, 3.63) is 29.8 Å². The number of rotatable bonds is 5. The molecule has 1 atom stereocenters. The standard InChI is InChI=1S/C19H29N3O2/c1-15(2)16-4-3-5-18(12-16)24-14-19(23)22-9-6-17(13-22)21-10-7-20-8-11-21/h3-5,12,15,17,20H,6-11,13-14H2,1-2H3. The number of carbonyl (C=O) groups is 1. The normalized spacial score (nSPS) is 22.1. The van der Waals surface area contributed by atoms with Crippen LogP contribution in [0.25, 0.3) is 0 Å². The molecule has 0 aliphatic carbocycles.